The highest BCUT2D eigenvalue weighted by Crippen LogP contribution is 2.32. The molecule has 4 aromatic rings. The van der Waals surface area contributed by atoms with Crippen molar-refractivity contribution in [1.82, 2.24) is 5.43 Å². The van der Waals surface area contributed by atoms with Crippen molar-refractivity contribution in [2.45, 2.75) is 6.61 Å². The van der Waals surface area contributed by atoms with E-state index in [0.717, 1.165) is 30.3 Å². The number of rotatable bonds is 6. The number of nitrogens with zero attached hydrogens (tertiary/aromatic N) is 1. The summed E-state index contributed by atoms with van der Waals surface area (Å²) in [5, 5.41) is 5.60. The Morgan fingerprint density at radius 2 is 1.94 bits per heavy atom. The van der Waals surface area contributed by atoms with E-state index in [-0.39, 0.29) is 5.76 Å². The van der Waals surface area contributed by atoms with Crippen LogP contribution in [0.25, 0.3) is 11.0 Å². The van der Waals surface area contributed by atoms with Crippen LogP contribution in [0, 0.1) is 3.57 Å². The molecule has 1 N–H and O–H groups in total. The van der Waals surface area contributed by atoms with Gasteiger partial charge in [-0.05, 0) is 86.0 Å². The largest absolute Gasteiger partial charge is 0.487 e. The molecule has 31 heavy (non-hydrogen) atoms. The minimum atomic E-state index is -0.413. The van der Waals surface area contributed by atoms with E-state index < -0.39 is 5.91 Å². The maximum absolute atomic E-state index is 12.3. The molecule has 0 spiro atoms. The predicted octanol–water partition coefficient (Wildman–Crippen LogP) is 6.80. The molecule has 0 radical (unpaired) electrons. The fourth-order valence-corrected chi connectivity index (χ4v) is 4.74. The summed E-state index contributed by atoms with van der Waals surface area (Å²) < 4.78 is 13.2. The van der Waals surface area contributed by atoms with Crippen LogP contribution in [0.1, 0.15) is 21.7 Å². The third-order valence-corrected chi connectivity index (χ3v) is 5.99. The molecule has 1 amide bonds. The van der Waals surface area contributed by atoms with Crippen molar-refractivity contribution < 1.29 is 13.9 Å². The van der Waals surface area contributed by atoms with E-state index in [1.165, 1.54) is 0 Å². The number of hydrogen-bond acceptors (Lipinski definition) is 4. The van der Waals surface area contributed by atoms with Crippen molar-refractivity contribution in [3.05, 3.63) is 96.7 Å². The fourth-order valence-electron chi connectivity index (χ4n) is 2.84. The van der Waals surface area contributed by atoms with Gasteiger partial charge in [-0.25, -0.2) is 5.43 Å². The van der Waals surface area contributed by atoms with Crippen LogP contribution in [0.2, 0.25) is 5.02 Å². The van der Waals surface area contributed by atoms with Crippen LogP contribution in [-0.4, -0.2) is 12.1 Å². The van der Waals surface area contributed by atoms with E-state index in [9.17, 15) is 4.79 Å². The lowest BCUT2D eigenvalue weighted by Gasteiger charge is -2.11. The number of benzene rings is 3. The van der Waals surface area contributed by atoms with E-state index in [4.69, 9.17) is 20.8 Å². The van der Waals surface area contributed by atoms with Gasteiger partial charge in [0.15, 0.2) is 5.76 Å². The summed E-state index contributed by atoms with van der Waals surface area (Å²) in [6, 6.07) is 20.4. The van der Waals surface area contributed by atoms with Gasteiger partial charge in [-0.3, -0.25) is 4.79 Å². The maximum atomic E-state index is 12.3. The summed E-state index contributed by atoms with van der Waals surface area (Å²) in [4.78, 5) is 12.3. The van der Waals surface area contributed by atoms with Gasteiger partial charge in [0.05, 0.1) is 14.3 Å². The zero-order chi connectivity index (χ0) is 21.8. The molecule has 0 aliphatic carbocycles. The third-order valence-electron chi connectivity index (χ3n) is 4.35. The molecule has 0 bridgehead atoms. The zero-order valence-corrected chi connectivity index (χ0v) is 20.4. The molecule has 0 atom stereocenters. The van der Waals surface area contributed by atoms with Crippen molar-refractivity contribution in [1.29, 1.82) is 0 Å². The molecule has 1 aromatic heterocycles. The van der Waals surface area contributed by atoms with Crippen molar-refractivity contribution in [3.63, 3.8) is 0 Å². The standard InChI is InChI=1S/C23H15BrClIN2O3/c24-18-9-15(10-19(26)22(18)30-13-14-5-7-17(25)8-6-14)12-27-28-23(29)21-11-16-3-1-2-4-20(16)31-21/h1-12H,13H2,(H,28,29)/b27-12+. The van der Waals surface area contributed by atoms with Gasteiger partial charge < -0.3 is 9.15 Å². The van der Waals surface area contributed by atoms with Gasteiger partial charge in [0.2, 0.25) is 0 Å². The van der Waals surface area contributed by atoms with Crippen LogP contribution in [0.4, 0.5) is 0 Å². The normalized spacial score (nSPS) is 11.2. The SMILES string of the molecule is O=C(N/N=C/c1cc(Br)c(OCc2ccc(Cl)cc2)c(I)c1)c1cc2ccccc2o1. The summed E-state index contributed by atoms with van der Waals surface area (Å²) in [7, 11) is 0. The molecule has 0 aliphatic rings. The number of halogens is 3. The molecule has 156 valence electrons. The van der Waals surface area contributed by atoms with Crippen LogP contribution in [0.5, 0.6) is 5.75 Å². The van der Waals surface area contributed by atoms with Crippen LogP contribution in [-0.2, 0) is 6.61 Å². The van der Waals surface area contributed by atoms with E-state index in [0.29, 0.717) is 17.2 Å². The molecule has 5 nitrogen and oxygen atoms in total. The minimum absolute atomic E-state index is 0.208. The van der Waals surface area contributed by atoms with Crippen molar-refractivity contribution in [2.75, 3.05) is 0 Å². The van der Waals surface area contributed by atoms with Gasteiger partial charge in [0.25, 0.3) is 0 Å². The fraction of sp³-hybridized carbons (Fsp3) is 0.0435. The molecular weight excluding hydrogens is 595 g/mol. The van der Waals surface area contributed by atoms with Crippen LogP contribution >= 0.6 is 50.1 Å². The third kappa shape index (κ3) is 5.47. The van der Waals surface area contributed by atoms with Gasteiger partial charge in [-0.15, -0.1) is 0 Å². The molecule has 0 fully saturated rings. The molecule has 0 saturated carbocycles. The Morgan fingerprint density at radius 3 is 2.68 bits per heavy atom. The molecule has 0 saturated heterocycles. The first kappa shape index (κ1) is 21.9. The number of hydrazone groups is 1. The van der Waals surface area contributed by atoms with Crippen LogP contribution in [0.3, 0.4) is 0 Å². The van der Waals surface area contributed by atoms with Gasteiger partial charge >= 0.3 is 5.91 Å². The Kier molecular flexibility index (Phi) is 6.94. The van der Waals surface area contributed by atoms with E-state index in [1.807, 2.05) is 60.7 Å². The number of ether oxygens (including phenoxy) is 1. The first-order valence-electron chi connectivity index (χ1n) is 9.18. The summed E-state index contributed by atoms with van der Waals surface area (Å²) in [5.74, 6) is 0.531. The Hall–Kier alpha value is -2.36. The molecular formula is C23H15BrClIN2O3. The lowest BCUT2D eigenvalue weighted by Crippen LogP contribution is -2.16. The molecule has 1 heterocycles. The van der Waals surface area contributed by atoms with Crippen molar-refractivity contribution >= 4 is 73.2 Å². The monoisotopic (exact) mass is 608 g/mol. The topological polar surface area (TPSA) is 63.8 Å². The molecule has 0 aliphatic heterocycles. The number of amides is 1. The first-order valence-corrected chi connectivity index (χ1v) is 11.4. The maximum Gasteiger partial charge on any atom is 0.307 e. The van der Waals surface area contributed by atoms with Gasteiger partial charge in [-0.1, -0.05) is 41.9 Å². The highest BCUT2D eigenvalue weighted by atomic mass is 127. The number of fused-ring (bicyclic) bond motifs is 1. The minimum Gasteiger partial charge on any atom is -0.487 e. The highest BCUT2D eigenvalue weighted by Gasteiger charge is 2.12. The average Bonchev–Trinajstić information content (AvgIpc) is 3.19. The average molecular weight is 610 g/mol. The Labute approximate surface area is 205 Å². The number of carbonyl (C=O) groups excluding carboxylic acids is 1. The molecule has 8 heteroatoms. The number of furan rings is 1. The van der Waals surface area contributed by atoms with Gasteiger partial charge in [0.1, 0.15) is 17.9 Å². The second-order valence-electron chi connectivity index (χ2n) is 6.58. The van der Waals surface area contributed by atoms with Gasteiger partial charge in [-0.2, -0.15) is 5.10 Å². The second kappa shape index (κ2) is 9.84. The Morgan fingerprint density at radius 1 is 1.16 bits per heavy atom. The van der Waals surface area contributed by atoms with Crippen LogP contribution in [0.15, 0.2) is 80.7 Å². The molecule has 4 rings (SSSR count). The van der Waals surface area contributed by atoms with E-state index >= 15 is 0 Å². The summed E-state index contributed by atoms with van der Waals surface area (Å²) in [6.45, 7) is 0.423. The summed E-state index contributed by atoms with van der Waals surface area (Å²) >= 11 is 11.7. The Balaban J connectivity index is 1.40. The highest BCUT2D eigenvalue weighted by molar-refractivity contribution is 14.1. The second-order valence-corrected chi connectivity index (χ2v) is 9.03. The number of para-hydroxylation sites is 1. The van der Waals surface area contributed by atoms with Gasteiger partial charge in [0, 0.05) is 10.4 Å². The van der Waals surface area contributed by atoms with E-state index in [2.05, 4.69) is 49.0 Å². The molecule has 3 aromatic carbocycles. The summed E-state index contributed by atoms with van der Waals surface area (Å²) in [5.41, 5.74) is 4.97. The van der Waals surface area contributed by atoms with Crippen molar-refractivity contribution in [3.8, 4) is 5.75 Å². The molecule has 0 unspecified atom stereocenters. The lowest BCUT2D eigenvalue weighted by atomic mass is 10.2. The first-order chi connectivity index (χ1) is 15.0. The summed E-state index contributed by atoms with van der Waals surface area (Å²) in [6.07, 6.45) is 1.57. The zero-order valence-electron chi connectivity index (χ0n) is 15.9. The quantitative estimate of drug-likeness (QED) is 0.149. The number of hydrogen-bond donors (Lipinski definition) is 1. The Bertz CT molecular complexity index is 1220. The van der Waals surface area contributed by atoms with Crippen LogP contribution < -0.4 is 10.2 Å². The lowest BCUT2D eigenvalue weighted by molar-refractivity contribution is 0.0929. The predicted molar refractivity (Wildman–Crippen MR) is 134 cm³/mol. The van der Waals surface area contributed by atoms with Crippen molar-refractivity contribution in [2.24, 2.45) is 5.10 Å². The smallest absolute Gasteiger partial charge is 0.307 e. The van der Waals surface area contributed by atoms with E-state index in [1.54, 1.807) is 12.3 Å². The number of carbonyl (C=O) groups is 1. The number of nitrogens with one attached hydrogen (secondary N) is 1.